The van der Waals surface area contributed by atoms with Crippen LogP contribution in [0.1, 0.15) is 25.8 Å². The maximum Gasteiger partial charge on any atom is 0.387 e. The van der Waals surface area contributed by atoms with Crippen LogP contribution in [0, 0.1) is 5.41 Å². The van der Waals surface area contributed by atoms with E-state index in [9.17, 15) is 13.6 Å². The highest BCUT2D eigenvalue weighted by Crippen LogP contribution is 2.26. The van der Waals surface area contributed by atoms with E-state index in [1.165, 1.54) is 19.2 Å². The molecule has 1 rings (SSSR count). The third-order valence-corrected chi connectivity index (χ3v) is 3.30. The van der Waals surface area contributed by atoms with Crippen molar-refractivity contribution in [1.82, 2.24) is 5.32 Å². The van der Waals surface area contributed by atoms with Gasteiger partial charge in [0, 0.05) is 12.1 Å². The van der Waals surface area contributed by atoms with E-state index in [1.54, 1.807) is 19.9 Å². The Bertz CT molecular complexity index is 506. The Hall–Kier alpha value is -1.89. The Labute approximate surface area is 128 Å². The molecule has 22 heavy (non-hydrogen) atoms. The van der Waals surface area contributed by atoms with Gasteiger partial charge >= 0.3 is 12.6 Å². The molecule has 0 saturated heterocycles. The molecule has 0 amide bonds. The van der Waals surface area contributed by atoms with Gasteiger partial charge < -0.3 is 19.9 Å². The van der Waals surface area contributed by atoms with E-state index in [0.717, 1.165) is 0 Å². The first-order valence-corrected chi connectivity index (χ1v) is 6.82. The monoisotopic (exact) mass is 317 g/mol. The molecule has 0 radical (unpaired) electrons. The van der Waals surface area contributed by atoms with E-state index in [2.05, 4.69) is 10.1 Å². The van der Waals surface area contributed by atoms with Crippen LogP contribution in [0.15, 0.2) is 18.2 Å². The zero-order valence-corrected chi connectivity index (χ0v) is 12.9. The SMILES string of the molecule is COc1ccc(OC(F)F)c(CNCCC(C)(C)C(=O)O)c1. The van der Waals surface area contributed by atoms with Gasteiger partial charge in [-0.2, -0.15) is 8.78 Å². The number of carboxylic acids is 1. The summed E-state index contributed by atoms with van der Waals surface area (Å²) in [5.74, 6) is -0.275. The minimum absolute atomic E-state index is 0.0702. The molecular weight excluding hydrogens is 296 g/mol. The minimum atomic E-state index is -2.90. The first kappa shape index (κ1) is 18.2. The van der Waals surface area contributed by atoms with Crippen molar-refractivity contribution in [2.45, 2.75) is 33.4 Å². The maximum atomic E-state index is 12.4. The molecule has 0 unspecified atom stereocenters. The Balaban J connectivity index is 2.65. The molecule has 0 atom stereocenters. The van der Waals surface area contributed by atoms with Crippen LogP contribution in [0.2, 0.25) is 0 Å². The van der Waals surface area contributed by atoms with Gasteiger partial charge in [0.05, 0.1) is 12.5 Å². The van der Waals surface area contributed by atoms with Crippen molar-refractivity contribution in [1.29, 1.82) is 0 Å². The van der Waals surface area contributed by atoms with Gasteiger partial charge in [0.1, 0.15) is 11.5 Å². The highest BCUT2D eigenvalue weighted by atomic mass is 19.3. The lowest BCUT2D eigenvalue weighted by molar-refractivity contribution is -0.147. The van der Waals surface area contributed by atoms with E-state index < -0.39 is 18.0 Å². The van der Waals surface area contributed by atoms with E-state index in [-0.39, 0.29) is 12.3 Å². The van der Waals surface area contributed by atoms with Crippen LogP contribution >= 0.6 is 0 Å². The van der Waals surface area contributed by atoms with Crippen molar-refractivity contribution in [2.24, 2.45) is 5.41 Å². The van der Waals surface area contributed by atoms with Gasteiger partial charge in [-0.1, -0.05) is 0 Å². The summed E-state index contributed by atoms with van der Waals surface area (Å²) in [7, 11) is 1.48. The standard InChI is InChI=1S/C15H21F2NO4/c1-15(2,13(19)20)6-7-18-9-10-8-11(21-3)4-5-12(10)22-14(16)17/h4-5,8,14,18H,6-7,9H2,1-3H3,(H,19,20). The lowest BCUT2D eigenvalue weighted by Gasteiger charge is -2.19. The largest absolute Gasteiger partial charge is 0.497 e. The number of benzene rings is 1. The number of carbonyl (C=O) groups is 1. The Morgan fingerprint density at radius 2 is 2.09 bits per heavy atom. The smallest absolute Gasteiger partial charge is 0.387 e. The number of rotatable bonds is 9. The Kier molecular flexibility index (Phi) is 6.55. The number of ether oxygens (including phenoxy) is 2. The van der Waals surface area contributed by atoms with Gasteiger partial charge in [-0.15, -0.1) is 0 Å². The van der Waals surface area contributed by atoms with Crippen LogP contribution in [0.4, 0.5) is 8.78 Å². The normalized spacial score (nSPS) is 11.5. The predicted molar refractivity (Wildman–Crippen MR) is 77.4 cm³/mol. The number of hydrogen-bond acceptors (Lipinski definition) is 4. The van der Waals surface area contributed by atoms with Crippen molar-refractivity contribution in [3.05, 3.63) is 23.8 Å². The third kappa shape index (κ3) is 5.48. The molecule has 1 aromatic rings. The molecule has 0 aliphatic rings. The van der Waals surface area contributed by atoms with E-state index in [1.807, 2.05) is 0 Å². The van der Waals surface area contributed by atoms with Gasteiger partial charge in [-0.3, -0.25) is 4.79 Å². The lowest BCUT2D eigenvalue weighted by Crippen LogP contribution is -2.29. The average Bonchev–Trinajstić information content (AvgIpc) is 2.44. The number of nitrogens with one attached hydrogen (secondary N) is 1. The first-order chi connectivity index (χ1) is 10.3. The quantitative estimate of drug-likeness (QED) is 0.686. The van der Waals surface area contributed by atoms with E-state index in [4.69, 9.17) is 9.84 Å². The van der Waals surface area contributed by atoms with Gasteiger partial charge in [0.15, 0.2) is 0 Å². The topological polar surface area (TPSA) is 67.8 Å². The van der Waals surface area contributed by atoms with Crippen LogP contribution in [0.5, 0.6) is 11.5 Å². The number of carboxylic acid groups (broad SMARTS) is 1. The fraction of sp³-hybridized carbons (Fsp3) is 0.533. The molecule has 7 heteroatoms. The van der Waals surface area contributed by atoms with Crippen LogP contribution in [-0.2, 0) is 11.3 Å². The molecular formula is C15H21F2NO4. The van der Waals surface area contributed by atoms with Crippen LogP contribution in [0.25, 0.3) is 0 Å². The predicted octanol–water partition coefficient (Wildman–Crippen LogP) is 2.89. The maximum absolute atomic E-state index is 12.4. The van der Waals surface area contributed by atoms with Crippen molar-refractivity contribution < 1.29 is 28.2 Å². The van der Waals surface area contributed by atoms with Gasteiger partial charge in [0.25, 0.3) is 0 Å². The fourth-order valence-electron chi connectivity index (χ4n) is 1.76. The molecule has 1 aromatic carbocycles. The summed E-state index contributed by atoms with van der Waals surface area (Å²) < 4.78 is 34.3. The Morgan fingerprint density at radius 3 is 2.64 bits per heavy atom. The molecule has 0 fully saturated rings. The van der Waals surface area contributed by atoms with Crippen molar-refractivity contribution in [2.75, 3.05) is 13.7 Å². The summed E-state index contributed by atoms with van der Waals surface area (Å²) in [6, 6.07) is 4.56. The summed E-state index contributed by atoms with van der Waals surface area (Å²) in [4.78, 5) is 11.0. The first-order valence-electron chi connectivity index (χ1n) is 6.82. The zero-order valence-electron chi connectivity index (χ0n) is 12.9. The summed E-state index contributed by atoms with van der Waals surface area (Å²) in [5.41, 5.74) is -0.322. The number of methoxy groups -OCH3 is 1. The van der Waals surface area contributed by atoms with Crippen LogP contribution in [-0.4, -0.2) is 31.3 Å². The van der Waals surface area contributed by atoms with E-state index in [0.29, 0.717) is 24.3 Å². The van der Waals surface area contributed by atoms with Crippen molar-refractivity contribution in [3.8, 4) is 11.5 Å². The zero-order chi connectivity index (χ0) is 16.8. The molecule has 0 spiro atoms. The minimum Gasteiger partial charge on any atom is -0.497 e. The summed E-state index contributed by atoms with van der Waals surface area (Å²) in [6.45, 7) is 1.07. The number of alkyl halides is 2. The van der Waals surface area contributed by atoms with E-state index >= 15 is 0 Å². The third-order valence-electron chi connectivity index (χ3n) is 3.30. The van der Waals surface area contributed by atoms with Crippen LogP contribution < -0.4 is 14.8 Å². The molecule has 124 valence electrons. The number of halogens is 2. The highest BCUT2D eigenvalue weighted by molar-refractivity contribution is 5.73. The molecule has 2 N–H and O–H groups in total. The second-order valence-electron chi connectivity index (χ2n) is 5.47. The second kappa shape index (κ2) is 7.93. The van der Waals surface area contributed by atoms with Gasteiger partial charge in [-0.05, 0) is 45.0 Å². The molecule has 0 aliphatic carbocycles. The summed E-state index contributed by atoms with van der Waals surface area (Å²) in [6.07, 6.45) is 0.414. The highest BCUT2D eigenvalue weighted by Gasteiger charge is 2.26. The molecule has 5 nitrogen and oxygen atoms in total. The molecule has 0 heterocycles. The summed E-state index contributed by atoms with van der Waals surface area (Å²) in [5, 5.41) is 12.1. The van der Waals surface area contributed by atoms with Gasteiger partial charge in [-0.25, -0.2) is 0 Å². The number of hydrogen-bond donors (Lipinski definition) is 2. The fourth-order valence-corrected chi connectivity index (χ4v) is 1.76. The molecule has 0 aromatic heterocycles. The van der Waals surface area contributed by atoms with Crippen molar-refractivity contribution >= 4 is 5.97 Å². The van der Waals surface area contributed by atoms with Crippen LogP contribution in [0.3, 0.4) is 0 Å². The number of aliphatic carboxylic acids is 1. The molecule has 0 bridgehead atoms. The van der Waals surface area contributed by atoms with Gasteiger partial charge in [0.2, 0.25) is 0 Å². The average molecular weight is 317 g/mol. The van der Waals surface area contributed by atoms with Crippen molar-refractivity contribution in [3.63, 3.8) is 0 Å². The Morgan fingerprint density at radius 1 is 1.41 bits per heavy atom. The molecule has 0 aliphatic heterocycles. The second-order valence-corrected chi connectivity index (χ2v) is 5.47. The summed E-state index contributed by atoms with van der Waals surface area (Å²) >= 11 is 0. The molecule has 0 saturated carbocycles. The lowest BCUT2D eigenvalue weighted by atomic mass is 9.90.